The monoisotopic (exact) mass is 448 g/mol. The fraction of sp³-hybridized carbons (Fsp3) is 0. The van der Waals surface area contributed by atoms with E-state index in [4.69, 9.17) is 0 Å². The summed E-state index contributed by atoms with van der Waals surface area (Å²) >= 11 is 1.44. The SMILES string of the molecule is O=C(Nc1cccc(-c2noc(=O)[nH]2)c1)c1nc(-c2cccs2)n(-c2ccc(F)cc2)n1. The van der Waals surface area contributed by atoms with Gasteiger partial charge in [0.2, 0.25) is 5.82 Å². The van der Waals surface area contributed by atoms with Gasteiger partial charge in [-0.15, -0.1) is 16.4 Å². The Kier molecular flexibility index (Phi) is 4.92. The second-order valence-electron chi connectivity index (χ2n) is 6.60. The molecule has 9 nitrogen and oxygen atoms in total. The smallest absolute Gasteiger partial charge is 0.319 e. The Hall–Kier alpha value is -4.38. The lowest BCUT2D eigenvalue weighted by atomic mass is 10.2. The number of halogens is 1. The molecular formula is C21H13FN6O3S. The average Bonchev–Trinajstić information content (AvgIpc) is 3.55. The molecule has 32 heavy (non-hydrogen) atoms. The van der Waals surface area contributed by atoms with Gasteiger partial charge in [0.25, 0.3) is 5.91 Å². The van der Waals surface area contributed by atoms with Crippen LogP contribution in [0.3, 0.4) is 0 Å². The first kappa shape index (κ1) is 19.6. The number of benzene rings is 2. The number of hydrogen-bond donors (Lipinski definition) is 2. The van der Waals surface area contributed by atoms with Gasteiger partial charge in [-0.25, -0.2) is 18.9 Å². The van der Waals surface area contributed by atoms with E-state index >= 15 is 0 Å². The summed E-state index contributed by atoms with van der Waals surface area (Å²) in [6.45, 7) is 0. The highest BCUT2D eigenvalue weighted by molar-refractivity contribution is 7.13. The molecule has 0 saturated heterocycles. The van der Waals surface area contributed by atoms with E-state index in [-0.39, 0.29) is 17.5 Å². The fourth-order valence-electron chi connectivity index (χ4n) is 3.02. The minimum absolute atomic E-state index is 0.0574. The van der Waals surface area contributed by atoms with E-state index < -0.39 is 11.7 Å². The van der Waals surface area contributed by atoms with Crippen LogP contribution in [-0.4, -0.2) is 30.8 Å². The molecule has 2 aromatic carbocycles. The van der Waals surface area contributed by atoms with Crippen LogP contribution in [0, 0.1) is 5.82 Å². The third-order valence-electron chi connectivity index (χ3n) is 4.46. The van der Waals surface area contributed by atoms with Crippen LogP contribution in [0.2, 0.25) is 0 Å². The first-order valence-corrected chi connectivity index (χ1v) is 10.2. The lowest BCUT2D eigenvalue weighted by molar-refractivity contribution is 0.101. The molecule has 0 bridgehead atoms. The Morgan fingerprint density at radius 2 is 1.97 bits per heavy atom. The Bertz CT molecular complexity index is 1450. The van der Waals surface area contributed by atoms with Crippen LogP contribution in [0.25, 0.3) is 27.8 Å². The Labute approximate surface area is 183 Å². The molecule has 158 valence electrons. The average molecular weight is 448 g/mol. The molecule has 11 heteroatoms. The maximum Gasteiger partial charge on any atom is 0.439 e. The Morgan fingerprint density at radius 3 is 2.69 bits per heavy atom. The second-order valence-corrected chi connectivity index (χ2v) is 7.55. The zero-order valence-electron chi connectivity index (χ0n) is 16.2. The Balaban J connectivity index is 1.47. The normalized spacial score (nSPS) is 10.9. The highest BCUT2D eigenvalue weighted by atomic mass is 32.1. The van der Waals surface area contributed by atoms with Gasteiger partial charge in [0.1, 0.15) is 5.82 Å². The van der Waals surface area contributed by atoms with E-state index in [1.165, 1.54) is 28.2 Å². The molecule has 5 rings (SSSR count). The summed E-state index contributed by atoms with van der Waals surface area (Å²) in [7, 11) is 0. The molecule has 0 aliphatic carbocycles. The van der Waals surface area contributed by atoms with Gasteiger partial charge < -0.3 is 5.32 Å². The van der Waals surface area contributed by atoms with Gasteiger partial charge in [-0.05, 0) is 47.8 Å². The van der Waals surface area contributed by atoms with Crippen molar-refractivity contribution in [2.45, 2.75) is 0 Å². The van der Waals surface area contributed by atoms with Gasteiger partial charge in [0.05, 0.1) is 10.6 Å². The quantitative estimate of drug-likeness (QED) is 0.423. The number of hydrogen-bond acceptors (Lipinski definition) is 7. The van der Waals surface area contributed by atoms with Gasteiger partial charge in [-0.1, -0.05) is 23.4 Å². The number of anilines is 1. The summed E-state index contributed by atoms with van der Waals surface area (Å²) in [6.07, 6.45) is 0. The minimum atomic E-state index is -0.675. The van der Waals surface area contributed by atoms with Crippen LogP contribution in [0.15, 0.2) is 75.4 Å². The van der Waals surface area contributed by atoms with Crippen molar-refractivity contribution in [1.29, 1.82) is 0 Å². The lowest BCUT2D eigenvalue weighted by Crippen LogP contribution is -2.14. The number of carbonyl (C=O) groups excluding carboxylic acids is 1. The number of rotatable bonds is 5. The summed E-state index contributed by atoms with van der Waals surface area (Å²) in [5.41, 5.74) is 1.57. The topological polar surface area (TPSA) is 119 Å². The molecule has 0 fully saturated rings. The fourth-order valence-corrected chi connectivity index (χ4v) is 3.72. The first-order valence-electron chi connectivity index (χ1n) is 9.31. The van der Waals surface area contributed by atoms with Crippen molar-refractivity contribution in [3.8, 4) is 27.8 Å². The number of thiophene rings is 1. The van der Waals surface area contributed by atoms with E-state index in [0.717, 1.165) is 4.88 Å². The van der Waals surface area contributed by atoms with Gasteiger partial charge >= 0.3 is 5.76 Å². The molecule has 3 aromatic heterocycles. The third-order valence-corrected chi connectivity index (χ3v) is 5.32. The predicted octanol–water partition coefficient (Wildman–Crippen LogP) is 3.73. The largest absolute Gasteiger partial charge is 0.439 e. The minimum Gasteiger partial charge on any atom is -0.319 e. The molecule has 5 aromatic rings. The van der Waals surface area contributed by atoms with E-state index in [0.29, 0.717) is 22.8 Å². The van der Waals surface area contributed by atoms with Crippen molar-refractivity contribution >= 4 is 22.9 Å². The van der Waals surface area contributed by atoms with Crippen LogP contribution >= 0.6 is 11.3 Å². The van der Waals surface area contributed by atoms with E-state index in [1.807, 2.05) is 17.5 Å². The van der Waals surface area contributed by atoms with Crippen molar-refractivity contribution in [3.05, 3.63) is 88.2 Å². The zero-order chi connectivity index (χ0) is 22.1. The van der Waals surface area contributed by atoms with Crippen LogP contribution in [0.5, 0.6) is 0 Å². The van der Waals surface area contributed by atoms with Crippen LogP contribution < -0.4 is 11.1 Å². The molecular weight excluding hydrogens is 435 g/mol. The van der Waals surface area contributed by atoms with E-state index in [9.17, 15) is 14.0 Å². The number of nitrogens with one attached hydrogen (secondary N) is 2. The summed E-state index contributed by atoms with van der Waals surface area (Å²) < 4.78 is 19.4. The zero-order valence-corrected chi connectivity index (χ0v) is 17.0. The maximum absolute atomic E-state index is 13.4. The standard InChI is InChI=1S/C21H13FN6O3S/c22-13-6-8-15(9-7-13)28-19(16-5-2-10-32-16)24-18(26-28)20(29)23-14-4-1-3-12(11-14)17-25-21(30)31-27-17/h1-11H,(H,23,29)(H,25,27,30). The number of amides is 1. The molecule has 0 aliphatic heterocycles. The lowest BCUT2D eigenvalue weighted by Gasteiger charge is -2.04. The molecule has 0 unspecified atom stereocenters. The summed E-state index contributed by atoms with van der Waals surface area (Å²) in [4.78, 5) is 31.7. The molecule has 0 aliphatic rings. The summed E-state index contributed by atoms with van der Waals surface area (Å²) in [5.74, 6) is -0.938. The van der Waals surface area contributed by atoms with Crippen molar-refractivity contribution in [2.75, 3.05) is 5.32 Å². The molecule has 1 amide bonds. The molecule has 0 saturated carbocycles. The molecule has 0 spiro atoms. The highest BCUT2D eigenvalue weighted by Crippen LogP contribution is 2.26. The van der Waals surface area contributed by atoms with Gasteiger partial charge in [-0.3, -0.25) is 14.3 Å². The first-order chi connectivity index (χ1) is 15.6. The predicted molar refractivity (Wildman–Crippen MR) is 115 cm³/mol. The van der Waals surface area contributed by atoms with Crippen molar-refractivity contribution in [3.63, 3.8) is 0 Å². The summed E-state index contributed by atoms with van der Waals surface area (Å²) in [5, 5.41) is 12.6. The molecule has 3 heterocycles. The number of H-pyrrole nitrogens is 1. The maximum atomic E-state index is 13.4. The van der Waals surface area contributed by atoms with Crippen LogP contribution in [0.1, 0.15) is 10.6 Å². The number of aromatic nitrogens is 5. The number of carbonyl (C=O) groups is 1. The van der Waals surface area contributed by atoms with Crippen molar-refractivity contribution in [1.82, 2.24) is 24.9 Å². The van der Waals surface area contributed by atoms with E-state index in [1.54, 1.807) is 36.4 Å². The van der Waals surface area contributed by atoms with Crippen LogP contribution in [0.4, 0.5) is 10.1 Å². The van der Waals surface area contributed by atoms with Gasteiger partial charge in [0.15, 0.2) is 11.6 Å². The van der Waals surface area contributed by atoms with Crippen molar-refractivity contribution in [2.24, 2.45) is 0 Å². The van der Waals surface area contributed by atoms with E-state index in [2.05, 4.69) is 30.1 Å². The third kappa shape index (κ3) is 3.84. The summed E-state index contributed by atoms with van der Waals surface area (Å²) in [6, 6.07) is 16.2. The number of aromatic amines is 1. The Morgan fingerprint density at radius 1 is 1.12 bits per heavy atom. The number of nitrogens with zero attached hydrogens (tertiary/aromatic N) is 4. The second kappa shape index (κ2) is 8.04. The molecule has 0 radical (unpaired) electrons. The van der Waals surface area contributed by atoms with Crippen LogP contribution in [-0.2, 0) is 0 Å². The molecule has 0 atom stereocenters. The highest BCUT2D eigenvalue weighted by Gasteiger charge is 2.20. The van der Waals surface area contributed by atoms with Gasteiger partial charge in [0, 0.05) is 11.3 Å². The van der Waals surface area contributed by atoms with Crippen molar-refractivity contribution < 1.29 is 13.7 Å². The molecule has 2 N–H and O–H groups in total. The van der Waals surface area contributed by atoms with Gasteiger partial charge in [-0.2, -0.15) is 0 Å².